The number of thiazole rings is 1. The van der Waals surface area contributed by atoms with Crippen LogP contribution in [0, 0.1) is 11.8 Å². The number of pyridine rings is 1. The summed E-state index contributed by atoms with van der Waals surface area (Å²) in [5.74, 6) is 1.30. The Hall–Kier alpha value is -2.12. The number of hydrogen-bond donors (Lipinski definition) is 4. The predicted octanol–water partition coefficient (Wildman–Crippen LogP) is 3.61. The minimum atomic E-state index is -3.31. The first-order valence-corrected chi connectivity index (χ1v) is 16.2. The van der Waals surface area contributed by atoms with Gasteiger partial charge in [-0.2, -0.15) is 4.98 Å². The molecule has 39 heavy (non-hydrogen) atoms. The lowest BCUT2D eigenvalue weighted by Crippen LogP contribution is -2.36. The number of aromatic nitrogens is 4. The van der Waals surface area contributed by atoms with Crippen molar-refractivity contribution in [3.05, 3.63) is 24.2 Å². The van der Waals surface area contributed by atoms with E-state index in [0.29, 0.717) is 35.6 Å². The van der Waals surface area contributed by atoms with Crippen molar-refractivity contribution in [2.45, 2.75) is 75.7 Å². The molecule has 0 radical (unpaired) electrons. The number of nitrogens with one attached hydrogen (secondary N) is 2. The van der Waals surface area contributed by atoms with Gasteiger partial charge in [0.15, 0.2) is 0 Å². The van der Waals surface area contributed by atoms with Crippen LogP contribution in [0.25, 0.3) is 20.8 Å². The molecule has 5 atom stereocenters. The third-order valence-electron chi connectivity index (χ3n) is 8.17. The summed E-state index contributed by atoms with van der Waals surface area (Å²) in [6.45, 7) is 2.14. The second-order valence-electron chi connectivity index (χ2n) is 11.2. The van der Waals surface area contributed by atoms with Crippen LogP contribution in [0.5, 0.6) is 0 Å². The molecule has 10 nitrogen and oxygen atoms in total. The Bertz CT molecular complexity index is 1450. The van der Waals surface area contributed by atoms with Crippen molar-refractivity contribution in [2.24, 2.45) is 11.8 Å². The Balaban J connectivity index is 0.00000308. The fourth-order valence-electron chi connectivity index (χ4n) is 5.62. The maximum absolute atomic E-state index is 11.9. The first-order chi connectivity index (χ1) is 18.2. The van der Waals surface area contributed by atoms with Crippen LogP contribution in [0.4, 0.5) is 11.8 Å². The number of fused-ring (bicyclic) bond motifs is 1. The van der Waals surface area contributed by atoms with E-state index in [2.05, 4.69) is 27.5 Å². The zero-order valence-corrected chi connectivity index (χ0v) is 24.4. The second kappa shape index (κ2) is 11.0. The maximum Gasteiger partial charge on any atom is 0.224 e. The molecule has 6 rings (SSSR count). The van der Waals surface area contributed by atoms with Gasteiger partial charge in [0.2, 0.25) is 5.95 Å². The van der Waals surface area contributed by atoms with Gasteiger partial charge in [-0.1, -0.05) is 6.42 Å². The molecule has 3 aliphatic carbocycles. The van der Waals surface area contributed by atoms with Gasteiger partial charge < -0.3 is 20.8 Å². The Kier molecular flexibility index (Phi) is 8.04. The van der Waals surface area contributed by atoms with Crippen molar-refractivity contribution >= 4 is 55.6 Å². The summed E-state index contributed by atoms with van der Waals surface area (Å²) in [4.78, 5) is 18.9. The number of rotatable bonds is 9. The first kappa shape index (κ1) is 28.4. The molecule has 0 aromatic carbocycles. The molecule has 4 N–H and O–H groups in total. The van der Waals surface area contributed by atoms with E-state index < -0.39 is 34.0 Å². The monoisotopic (exact) mass is 594 g/mol. The average molecular weight is 595 g/mol. The van der Waals surface area contributed by atoms with Gasteiger partial charge in [0, 0.05) is 36.5 Å². The summed E-state index contributed by atoms with van der Waals surface area (Å²) in [6.07, 6.45) is 8.64. The van der Waals surface area contributed by atoms with Gasteiger partial charge in [-0.05, 0) is 51.0 Å². The maximum atomic E-state index is 11.9. The molecule has 0 aliphatic heterocycles. The standard InChI is InChI=1S/C26H34N6O4S2.ClH/c1-13(14-4-3-5-14)29-26-28-11-17(25-31-21-19(37-25)8-9-27-20(21)15-6-7-15)24(32-26)30-18-10-16(12-38(2,35)36)22(33)23(18)34;/h8-9,11,13-16,18,22-23,33-34H,3-7,10,12H2,1-2H3,(H2,28,29,30,32);1H/t13-,16-,18-,22-,23+;/m1./s1. The predicted molar refractivity (Wildman–Crippen MR) is 155 cm³/mol. The molecule has 3 saturated carbocycles. The molecule has 13 heteroatoms. The van der Waals surface area contributed by atoms with Crippen molar-refractivity contribution in [1.29, 1.82) is 0 Å². The molecule has 0 unspecified atom stereocenters. The first-order valence-electron chi connectivity index (χ1n) is 13.4. The van der Waals surface area contributed by atoms with E-state index in [9.17, 15) is 18.6 Å². The normalized spacial score (nSPS) is 26.2. The van der Waals surface area contributed by atoms with Gasteiger partial charge in [-0.25, -0.2) is 18.4 Å². The third-order valence-corrected chi connectivity index (χ3v) is 10.3. The highest BCUT2D eigenvalue weighted by Gasteiger charge is 2.43. The van der Waals surface area contributed by atoms with Gasteiger partial charge in [0.05, 0.1) is 33.9 Å². The van der Waals surface area contributed by atoms with Crippen LogP contribution < -0.4 is 10.6 Å². The molecule has 0 bridgehead atoms. The van der Waals surface area contributed by atoms with Gasteiger partial charge in [-0.15, -0.1) is 23.7 Å². The Morgan fingerprint density at radius 3 is 2.56 bits per heavy atom. The highest BCUT2D eigenvalue weighted by atomic mass is 35.5. The van der Waals surface area contributed by atoms with Crippen LogP contribution in [0.1, 0.15) is 57.1 Å². The van der Waals surface area contributed by atoms with Crippen molar-refractivity contribution < 1.29 is 18.6 Å². The fourth-order valence-corrected chi connectivity index (χ4v) is 7.71. The molecule has 0 amide bonds. The SMILES string of the molecule is C[C@@H](Nc1ncc(-c2nc3c(C4CC4)nccc3s2)c(N[C@@H]2C[C@H](CS(C)(=O)=O)[C@@H](O)[C@H]2O)n1)C1CCC1.Cl. The summed E-state index contributed by atoms with van der Waals surface area (Å²) in [6, 6.07) is 1.63. The highest BCUT2D eigenvalue weighted by Crippen LogP contribution is 2.44. The van der Waals surface area contributed by atoms with Crippen LogP contribution in [0.2, 0.25) is 0 Å². The molecule has 0 saturated heterocycles. The van der Waals surface area contributed by atoms with Crippen LogP contribution in [-0.4, -0.2) is 74.9 Å². The van der Waals surface area contributed by atoms with E-state index in [1.54, 1.807) is 17.5 Å². The van der Waals surface area contributed by atoms with E-state index in [4.69, 9.17) is 9.97 Å². The molecule has 3 aromatic heterocycles. The Morgan fingerprint density at radius 1 is 1.13 bits per heavy atom. The number of hydrogen-bond acceptors (Lipinski definition) is 11. The molecular weight excluding hydrogens is 560 g/mol. The fraction of sp³-hybridized carbons (Fsp3) is 0.615. The quantitative estimate of drug-likeness (QED) is 0.289. The van der Waals surface area contributed by atoms with E-state index in [1.807, 2.05) is 12.3 Å². The lowest BCUT2D eigenvalue weighted by molar-refractivity contribution is 0.0216. The van der Waals surface area contributed by atoms with E-state index in [1.165, 1.54) is 19.3 Å². The number of aliphatic hydroxyl groups is 2. The summed E-state index contributed by atoms with van der Waals surface area (Å²) < 4.78 is 24.8. The smallest absolute Gasteiger partial charge is 0.224 e. The molecule has 0 spiro atoms. The van der Waals surface area contributed by atoms with Crippen LogP contribution >= 0.6 is 23.7 Å². The summed E-state index contributed by atoms with van der Waals surface area (Å²) >= 11 is 1.55. The van der Waals surface area contributed by atoms with Gasteiger partial charge in [0.1, 0.15) is 32.3 Å². The number of anilines is 2. The number of aliphatic hydroxyl groups excluding tert-OH is 2. The minimum absolute atomic E-state index is 0. The lowest BCUT2D eigenvalue weighted by atomic mass is 9.80. The zero-order valence-electron chi connectivity index (χ0n) is 21.9. The van der Waals surface area contributed by atoms with Crippen molar-refractivity contribution in [1.82, 2.24) is 19.9 Å². The third kappa shape index (κ3) is 6.00. The van der Waals surface area contributed by atoms with Gasteiger partial charge >= 0.3 is 0 Å². The summed E-state index contributed by atoms with van der Waals surface area (Å²) in [7, 11) is -3.31. The second-order valence-corrected chi connectivity index (χ2v) is 14.5. The van der Waals surface area contributed by atoms with Gasteiger partial charge in [0.25, 0.3) is 0 Å². The molecular formula is C26H35ClN6O4S2. The molecule has 3 aromatic rings. The van der Waals surface area contributed by atoms with Crippen LogP contribution in [0.3, 0.4) is 0 Å². The molecule has 3 fully saturated rings. The number of halogens is 1. The summed E-state index contributed by atoms with van der Waals surface area (Å²) in [5, 5.41) is 28.9. The van der Waals surface area contributed by atoms with E-state index in [0.717, 1.165) is 40.0 Å². The lowest BCUT2D eigenvalue weighted by Gasteiger charge is -2.32. The molecule has 3 aliphatic rings. The highest BCUT2D eigenvalue weighted by molar-refractivity contribution is 7.90. The Labute approximate surface area is 238 Å². The van der Waals surface area contributed by atoms with E-state index in [-0.39, 0.29) is 24.2 Å². The van der Waals surface area contributed by atoms with Gasteiger partial charge in [-0.3, -0.25) is 4.98 Å². The van der Waals surface area contributed by atoms with Crippen molar-refractivity contribution in [3.8, 4) is 10.6 Å². The van der Waals surface area contributed by atoms with E-state index >= 15 is 0 Å². The summed E-state index contributed by atoms with van der Waals surface area (Å²) in [5.41, 5.74) is 2.64. The number of sulfone groups is 1. The van der Waals surface area contributed by atoms with Crippen LogP contribution in [-0.2, 0) is 9.84 Å². The molecule has 212 valence electrons. The Morgan fingerprint density at radius 2 is 1.90 bits per heavy atom. The van der Waals surface area contributed by atoms with Crippen molar-refractivity contribution in [2.75, 3.05) is 22.6 Å². The zero-order chi connectivity index (χ0) is 26.6. The minimum Gasteiger partial charge on any atom is -0.390 e. The van der Waals surface area contributed by atoms with Crippen molar-refractivity contribution in [3.63, 3.8) is 0 Å². The average Bonchev–Trinajstić information content (AvgIpc) is 3.52. The molecule has 3 heterocycles. The number of nitrogens with zero attached hydrogens (tertiary/aromatic N) is 4. The van der Waals surface area contributed by atoms with Crippen LogP contribution in [0.15, 0.2) is 18.5 Å². The largest absolute Gasteiger partial charge is 0.390 e. The topological polar surface area (TPSA) is 150 Å².